The van der Waals surface area contributed by atoms with Crippen molar-refractivity contribution in [3.05, 3.63) is 35.4 Å². The highest BCUT2D eigenvalue weighted by Crippen LogP contribution is 2.24. The van der Waals surface area contributed by atoms with Crippen LogP contribution in [0.3, 0.4) is 0 Å². The fraction of sp³-hybridized carbons (Fsp3) is 0.462. The van der Waals surface area contributed by atoms with Gasteiger partial charge in [-0.15, -0.1) is 0 Å². The summed E-state index contributed by atoms with van der Waals surface area (Å²) in [5, 5.41) is 3.23. The summed E-state index contributed by atoms with van der Waals surface area (Å²) in [7, 11) is 0. The number of hydrogen-bond donors (Lipinski definition) is 2. The molecule has 3 heteroatoms. The van der Waals surface area contributed by atoms with Crippen molar-refractivity contribution < 1.29 is 0 Å². The predicted molar refractivity (Wildman–Crippen MR) is 67.4 cm³/mol. The van der Waals surface area contributed by atoms with Crippen LogP contribution >= 0.6 is 0 Å². The van der Waals surface area contributed by atoms with Gasteiger partial charge in [0, 0.05) is 0 Å². The van der Waals surface area contributed by atoms with Gasteiger partial charge in [0.25, 0.3) is 0 Å². The molecular weight excluding hydrogens is 198 g/mol. The fourth-order valence-electron chi connectivity index (χ4n) is 2.10. The Labute approximate surface area is 96.8 Å². The summed E-state index contributed by atoms with van der Waals surface area (Å²) in [5.41, 5.74) is 8.17. The van der Waals surface area contributed by atoms with Crippen molar-refractivity contribution >= 4 is 5.96 Å². The van der Waals surface area contributed by atoms with Crippen molar-refractivity contribution in [2.24, 2.45) is 10.7 Å². The highest BCUT2D eigenvalue weighted by Gasteiger charge is 2.30. The van der Waals surface area contributed by atoms with E-state index in [2.05, 4.69) is 48.4 Å². The first kappa shape index (κ1) is 11.0. The van der Waals surface area contributed by atoms with Crippen LogP contribution in [0.25, 0.3) is 0 Å². The molecule has 1 aliphatic rings. The smallest absolute Gasteiger partial charge is 0.189 e. The second-order valence-electron chi connectivity index (χ2n) is 4.61. The van der Waals surface area contributed by atoms with Crippen molar-refractivity contribution in [2.45, 2.75) is 32.2 Å². The van der Waals surface area contributed by atoms with Gasteiger partial charge in [-0.25, -0.2) is 0 Å². The molecular formula is C13H19N3. The number of nitrogens with two attached hydrogens (primary N) is 1. The molecule has 1 aromatic carbocycles. The van der Waals surface area contributed by atoms with Gasteiger partial charge in [-0.3, -0.25) is 4.99 Å². The lowest BCUT2D eigenvalue weighted by molar-refractivity contribution is 0.480. The van der Waals surface area contributed by atoms with E-state index in [4.69, 9.17) is 5.73 Å². The normalized spacial score (nSPS) is 24.0. The number of aryl methyl sites for hydroxylation is 1. The molecule has 86 valence electrons. The van der Waals surface area contributed by atoms with E-state index in [1.54, 1.807) is 0 Å². The van der Waals surface area contributed by atoms with Crippen LogP contribution in [-0.2, 0) is 12.0 Å². The van der Waals surface area contributed by atoms with Gasteiger partial charge in [-0.2, -0.15) is 0 Å². The van der Waals surface area contributed by atoms with E-state index in [0.29, 0.717) is 12.5 Å². The molecule has 1 aliphatic heterocycles. The van der Waals surface area contributed by atoms with Crippen molar-refractivity contribution in [1.29, 1.82) is 0 Å². The van der Waals surface area contributed by atoms with Crippen molar-refractivity contribution in [2.75, 3.05) is 6.54 Å². The maximum atomic E-state index is 5.66. The quantitative estimate of drug-likeness (QED) is 0.810. The minimum atomic E-state index is -0.130. The Morgan fingerprint density at radius 1 is 1.38 bits per heavy atom. The van der Waals surface area contributed by atoms with Crippen LogP contribution in [0.1, 0.15) is 31.4 Å². The van der Waals surface area contributed by atoms with E-state index in [-0.39, 0.29) is 5.54 Å². The Hall–Kier alpha value is -1.51. The largest absolute Gasteiger partial charge is 0.370 e. The Morgan fingerprint density at radius 2 is 2.06 bits per heavy atom. The lowest BCUT2D eigenvalue weighted by atomic mass is 9.92. The van der Waals surface area contributed by atoms with E-state index in [1.165, 1.54) is 17.5 Å². The molecule has 0 amide bonds. The average molecular weight is 217 g/mol. The molecule has 0 spiro atoms. The molecule has 0 bridgehead atoms. The Bertz CT molecular complexity index is 394. The topological polar surface area (TPSA) is 50.4 Å². The van der Waals surface area contributed by atoms with E-state index in [9.17, 15) is 0 Å². The third-order valence-electron chi connectivity index (χ3n) is 3.10. The molecule has 1 aromatic rings. The molecule has 16 heavy (non-hydrogen) atoms. The van der Waals surface area contributed by atoms with Gasteiger partial charge in [0.15, 0.2) is 5.96 Å². The molecule has 1 heterocycles. The molecule has 1 atom stereocenters. The van der Waals surface area contributed by atoms with E-state index < -0.39 is 0 Å². The zero-order valence-corrected chi connectivity index (χ0v) is 9.96. The number of nitrogens with one attached hydrogen (secondary N) is 1. The monoisotopic (exact) mass is 217 g/mol. The zero-order chi connectivity index (χ0) is 11.6. The van der Waals surface area contributed by atoms with Crippen LogP contribution in [0, 0.1) is 0 Å². The van der Waals surface area contributed by atoms with Gasteiger partial charge >= 0.3 is 0 Å². The standard InChI is InChI=1S/C13H19N3/c1-3-4-10-5-7-11(8-6-10)13(2)9-15-12(14)16-13/h5-8H,3-4,9H2,1-2H3,(H3,14,15,16). The molecule has 0 aliphatic carbocycles. The second kappa shape index (κ2) is 4.16. The minimum Gasteiger partial charge on any atom is -0.370 e. The summed E-state index contributed by atoms with van der Waals surface area (Å²) in [6.07, 6.45) is 2.33. The summed E-state index contributed by atoms with van der Waals surface area (Å²) in [6.45, 7) is 5.04. The maximum Gasteiger partial charge on any atom is 0.189 e. The molecule has 0 saturated heterocycles. The number of rotatable bonds is 3. The first-order valence-corrected chi connectivity index (χ1v) is 5.81. The summed E-state index contributed by atoms with van der Waals surface area (Å²) in [4.78, 5) is 4.21. The Balaban J connectivity index is 2.16. The second-order valence-corrected chi connectivity index (χ2v) is 4.61. The number of hydrogen-bond acceptors (Lipinski definition) is 3. The highest BCUT2D eigenvalue weighted by molar-refractivity contribution is 5.81. The average Bonchev–Trinajstić information content (AvgIpc) is 2.61. The summed E-state index contributed by atoms with van der Waals surface area (Å²) < 4.78 is 0. The molecule has 0 radical (unpaired) electrons. The SMILES string of the molecule is CCCc1ccc(C2(C)CN=C(N)N2)cc1. The minimum absolute atomic E-state index is 0.130. The third-order valence-corrected chi connectivity index (χ3v) is 3.10. The predicted octanol–water partition coefficient (Wildman–Crippen LogP) is 1.77. The third kappa shape index (κ3) is 2.03. The summed E-state index contributed by atoms with van der Waals surface area (Å²) >= 11 is 0. The molecule has 0 saturated carbocycles. The first-order valence-electron chi connectivity index (χ1n) is 5.81. The number of aliphatic imine (C=N–C) groups is 1. The maximum absolute atomic E-state index is 5.66. The van der Waals surface area contributed by atoms with Gasteiger partial charge in [0.1, 0.15) is 0 Å². The van der Waals surface area contributed by atoms with Crippen LogP contribution in [0.5, 0.6) is 0 Å². The van der Waals surface area contributed by atoms with Crippen molar-refractivity contribution in [3.8, 4) is 0 Å². The Morgan fingerprint density at radius 3 is 2.56 bits per heavy atom. The van der Waals surface area contributed by atoms with Crippen molar-refractivity contribution in [3.63, 3.8) is 0 Å². The molecule has 2 rings (SSSR count). The van der Waals surface area contributed by atoms with Gasteiger partial charge in [0.05, 0.1) is 12.1 Å². The van der Waals surface area contributed by atoms with Gasteiger partial charge in [0.2, 0.25) is 0 Å². The highest BCUT2D eigenvalue weighted by atomic mass is 15.2. The van der Waals surface area contributed by atoms with E-state index >= 15 is 0 Å². The van der Waals surface area contributed by atoms with Crippen LogP contribution in [-0.4, -0.2) is 12.5 Å². The lowest BCUT2D eigenvalue weighted by Gasteiger charge is -2.24. The van der Waals surface area contributed by atoms with Gasteiger partial charge in [-0.05, 0) is 24.5 Å². The lowest BCUT2D eigenvalue weighted by Crippen LogP contribution is -2.42. The number of nitrogens with zero attached hydrogens (tertiary/aromatic N) is 1. The van der Waals surface area contributed by atoms with Crippen LogP contribution in [0.4, 0.5) is 0 Å². The molecule has 3 nitrogen and oxygen atoms in total. The summed E-state index contributed by atoms with van der Waals surface area (Å²) in [6, 6.07) is 8.73. The number of benzene rings is 1. The Kier molecular flexibility index (Phi) is 2.86. The van der Waals surface area contributed by atoms with E-state index in [0.717, 1.165) is 6.42 Å². The van der Waals surface area contributed by atoms with Gasteiger partial charge < -0.3 is 11.1 Å². The fourth-order valence-corrected chi connectivity index (χ4v) is 2.10. The molecule has 3 N–H and O–H groups in total. The molecule has 0 fully saturated rings. The molecule has 1 unspecified atom stereocenters. The number of guanidine groups is 1. The van der Waals surface area contributed by atoms with Gasteiger partial charge in [-0.1, -0.05) is 37.6 Å². The van der Waals surface area contributed by atoms with Crippen LogP contribution in [0.15, 0.2) is 29.3 Å². The molecule has 0 aromatic heterocycles. The van der Waals surface area contributed by atoms with E-state index in [1.807, 2.05) is 0 Å². The summed E-state index contributed by atoms with van der Waals surface area (Å²) in [5.74, 6) is 0.542. The van der Waals surface area contributed by atoms with Crippen LogP contribution < -0.4 is 11.1 Å². The first-order chi connectivity index (χ1) is 7.64. The van der Waals surface area contributed by atoms with Crippen molar-refractivity contribution in [1.82, 2.24) is 5.32 Å². The zero-order valence-electron chi connectivity index (χ0n) is 9.96. The van der Waals surface area contributed by atoms with Crippen LogP contribution in [0.2, 0.25) is 0 Å².